The molecule has 0 bridgehead atoms. The molecule has 0 N–H and O–H groups in total. The number of aromatic nitrogens is 1. The van der Waals surface area contributed by atoms with Crippen LogP contribution in [0, 0.1) is 18.3 Å². The molecule has 0 unspecified atom stereocenters. The number of hydrogen-bond acceptors (Lipinski definition) is 3. The molecule has 0 aliphatic rings. The normalized spacial score (nSPS) is 10.8. The van der Waals surface area contributed by atoms with Gasteiger partial charge in [-0.15, -0.1) is 11.3 Å². The van der Waals surface area contributed by atoms with Crippen LogP contribution < -0.4 is 0 Å². The van der Waals surface area contributed by atoms with E-state index in [4.69, 9.17) is 5.26 Å². The summed E-state index contributed by atoms with van der Waals surface area (Å²) in [5.41, 5.74) is 2.16. The van der Waals surface area contributed by atoms with Gasteiger partial charge in [-0.1, -0.05) is 29.8 Å². The first-order chi connectivity index (χ1) is 7.78. The summed E-state index contributed by atoms with van der Waals surface area (Å²) in [5.74, 6) is 0. The zero-order valence-corrected chi connectivity index (χ0v) is 9.51. The van der Waals surface area contributed by atoms with Crippen LogP contribution in [0.15, 0.2) is 30.3 Å². The van der Waals surface area contributed by atoms with E-state index in [1.54, 1.807) is 0 Å². The number of fused-ring (bicyclic) bond motifs is 3. The Kier molecular flexibility index (Phi) is 1.92. The molecule has 0 spiro atoms. The predicted octanol–water partition coefficient (Wildman–Crippen LogP) is 3.63. The third-order valence-electron chi connectivity index (χ3n) is 2.62. The highest BCUT2D eigenvalue weighted by Gasteiger charge is 2.06. The van der Waals surface area contributed by atoms with Crippen molar-refractivity contribution in [3.8, 4) is 6.07 Å². The molecular weight excluding hydrogens is 216 g/mol. The van der Waals surface area contributed by atoms with Crippen LogP contribution in [0.5, 0.6) is 0 Å². The van der Waals surface area contributed by atoms with Gasteiger partial charge < -0.3 is 0 Å². The minimum atomic E-state index is 0.531. The van der Waals surface area contributed by atoms with Crippen LogP contribution in [0.25, 0.3) is 21.0 Å². The van der Waals surface area contributed by atoms with Gasteiger partial charge in [0, 0.05) is 5.39 Å². The second kappa shape index (κ2) is 3.29. The third-order valence-corrected chi connectivity index (χ3v) is 3.63. The molecular formula is C13H8N2S. The molecule has 1 aromatic heterocycles. The van der Waals surface area contributed by atoms with E-state index in [1.807, 2.05) is 6.07 Å². The Morgan fingerprint density at radius 3 is 2.94 bits per heavy atom. The first-order valence-electron chi connectivity index (χ1n) is 4.98. The van der Waals surface area contributed by atoms with Crippen molar-refractivity contribution in [2.24, 2.45) is 0 Å². The number of nitrogens with zero attached hydrogens (tertiary/aromatic N) is 2. The predicted molar refractivity (Wildman–Crippen MR) is 66.6 cm³/mol. The van der Waals surface area contributed by atoms with E-state index in [2.05, 4.69) is 42.2 Å². The van der Waals surface area contributed by atoms with E-state index in [1.165, 1.54) is 27.7 Å². The Bertz CT molecular complexity index is 735. The summed E-state index contributed by atoms with van der Waals surface area (Å²) in [5, 5.41) is 11.8. The molecule has 3 rings (SSSR count). The summed E-state index contributed by atoms with van der Waals surface area (Å²) in [6.07, 6.45) is 0. The Morgan fingerprint density at radius 1 is 1.25 bits per heavy atom. The van der Waals surface area contributed by atoms with Crippen LogP contribution in [-0.2, 0) is 0 Å². The molecule has 0 fully saturated rings. The second-order valence-corrected chi connectivity index (χ2v) is 4.77. The van der Waals surface area contributed by atoms with Crippen LogP contribution in [0.4, 0.5) is 0 Å². The highest BCUT2D eigenvalue weighted by Crippen LogP contribution is 2.30. The Morgan fingerprint density at radius 2 is 2.12 bits per heavy atom. The summed E-state index contributed by atoms with van der Waals surface area (Å²) < 4.78 is 1.11. The molecule has 2 nitrogen and oxygen atoms in total. The Hall–Kier alpha value is -1.92. The molecule has 76 valence electrons. The molecule has 16 heavy (non-hydrogen) atoms. The lowest BCUT2D eigenvalue weighted by Gasteiger charge is -1.99. The van der Waals surface area contributed by atoms with E-state index in [0.717, 1.165) is 10.2 Å². The fraction of sp³-hybridized carbons (Fsp3) is 0.0769. The number of aryl methyl sites for hydroxylation is 1. The van der Waals surface area contributed by atoms with Gasteiger partial charge in [-0.2, -0.15) is 5.26 Å². The van der Waals surface area contributed by atoms with Crippen LogP contribution in [0.3, 0.4) is 0 Å². The molecule has 1 heterocycles. The number of thiazole rings is 1. The molecule has 0 aliphatic heterocycles. The van der Waals surface area contributed by atoms with E-state index in [-0.39, 0.29) is 0 Å². The van der Waals surface area contributed by atoms with Crippen LogP contribution >= 0.6 is 11.3 Å². The quantitative estimate of drug-likeness (QED) is 0.584. The van der Waals surface area contributed by atoms with Crippen molar-refractivity contribution in [3.05, 3.63) is 40.9 Å². The lowest BCUT2D eigenvalue weighted by Crippen LogP contribution is -1.76. The van der Waals surface area contributed by atoms with Gasteiger partial charge in [0.15, 0.2) is 5.01 Å². The molecule has 0 saturated carbocycles. The first kappa shape index (κ1) is 9.32. The standard InChI is InChI=1S/C13H8N2S/c1-8-2-4-10-9(6-8)3-5-11-13(10)16-12(7-14)15-11/h2-6H,1H3. The molecule has 0 saturated heterocycles. The average molecular weight is 224 g/mol. The minimum Gasteiger partial charge on any atom is -0.226 e. The van der Waals surface area contributed by atoms with Crippen LogP contribution in [0.1, 0.15) is 10.6 Å². The summed E-state index contributed by atoms with van der Waals surface area (Å²) in [6, 6.07) is 12.5. The fourth-order valence-electron chi connectivity index (χ4n) is 1.88. The number of benzene rings is 2. The van der Waals surface area contributed by atoms with Crippen LogP contribution in [-0.4, -0.2) is 4.98 Å². The zero-order valence-electron chi connectivity index (χ0n) is 8.69. The summed E-state index contributed by atoms with van der Waals surface area (Å²) in [6.45, 7) is 2.08. The number of rotatable bonds is 0. The lowest BCUT2D eigenvalue weighted by molar-refractivity contribution is 1.40. The molecule has 0 radical (unpaired) electrons. The van der Waals surface area contributed by atoms with Gasteiger partial charge in [-0.25, -0.2) is 4.98 Å². The summed E-state index contributed by atoms with van der Waals surface area (Å²) >= 11 is 1.46. The fourth-order valence-corrected chi connectivity index (χ4v) is 2.78. The van der Waals surface area contributed by atoms with Gasteiger partial charge in [0.25, 0.3) is 0 Å². The van der Waals surface area contributed by atoms with Gasteiger partial charge in [-0.05, 0) is 18.4 Å². The van der Waals surface area contributed by atoms with Crippen molar-refractivity contribution >= 4 is 32.3 Å². The van der Waals surface area contributed by atoms with Crippen molar-refractivity contribution in [1.82, 2.24) is 4.98 Å². The minimum absolute atomic E-state index is 0.531. The smallest absolute Gasteiger partial charge is 0.195 e. The summed E-state index contributed by atoms with van der Waals surface area (Å²) in [7, 11) is 0. The van der Waals surface area contributed by atoms with Crippen LogP contribution in [0.2, 0.25) is 0 Å². The maximum Gasteiger partial charge on any atom is 0.195 e. The van der Waals surface area contributed by atoms with Crippen molar-refractivity contribution in [2.75, 3.05) is 0 Å². The number of nitriles is 1. The van der Waals surface area contributed by atoms with E-state index >= 15 is 0 Å². The third kappa shape index (κ3) is 1.28. The van der Waals surface area contributed by atoms with E-state index in [0.29, 0.717) is 5.01 Å². The maximum atomic E-state index is 8.85. The van der Waals surface area contributed by atoms with E-state index in [9.17, 15) is 0 Å². The Labute approximate surface area is 96.8 Å². The van der Waals surface area contributed by atoms with Crippen molar-refractivity contribution in [2.45, 2.75) is 6.92 Å². The van der Waals surface area contributed by atoms with Gasteiger partial charge in [0.2, 0.25) is 0 Å². The monoisotopic (exact) mass is 224 g/mol. The molecule has 2 aromatic carbocycles. The molecule has 3 heteroatoms. The van der Waals surface area contributed by atoms with E-state index < -0.39 is 0 Å². The Balaban J connectivity index is 2.49. The van der Waals surface area contributed by atoms with Gasteiger partial charge in [0.05, 0.1) is 10.2 Å². The molecule has 0 atom stereocenters. The lowest BCUT2D eigenvalue weighted by atomic mass is 10.1. The van der Waals surface area contributed by atoms with Gasteiger partial charge >= 0.3 is 0 Å². The average Bonchev–Trinajstić information content (AvgIpc) is 2.71. The largest absolute Gasteiger partial charge is 0.226 e. The van der Waals surface area contributed by atoms with Gasteiger partial charge in [0.1, 0.15) is 6.07 Å². The maximum absolute atomic E-state index is 8.85. The zero-order chi connectivity index (χ0) is 11.1. The highest BCUT2D eigenvalue weighted by molar-refractivity contribution is 7.20. The van der Waals surface area contributed by atoms with Crippen molar-refractivity contribution < 1.29 is 0 Å². The topological polar surface area (TPSA) is 36.7 Å². The molecule has 0 amide bonds. The number of hydrogen-bond donors (Lipinski definition) is 0. The first-order valence-corrected chi connectivity index (χ1v) is 5.79. The second-order valence-electron chi connectivity index (χ2n) is 3.77. The summed E-state index contributed by atoms with van der Waals surface area (Å²) in [4.78, 5) is 4.26. The van der Waals surface area contributed by atoms with Gasteiger partial charge in [-0.3, -0.25) is 0 Å². The molecule has 3 aromatic rings. The van der Waals surface area contributed by atoms with Crippen molar-refractivity contribution in [1.29, 1.82) is 5.26 Å². The highest BCUT2D eigenvalue weighted by atomic mass is 32.1. The SMILES string of the molecule is Cc1ccc2c(ccc3nc(C#N)sc32)c1. The van der Waals surface area contributed by atoms with Crippen molar-refractivity contribution in [3.63, 3.8) is 0 Å². The molecule has 0 aliphatic carbocycles.